The average Bonchev–Trinajstić information content (AvgIpc) is 2.39. The highest BCUT2D eigenvalue weighted by molar-refractivity contribution is 6.18. The van der Waals surface area contributed by atoms with Crippen molar-refractivity contribution in [2.75, 3.05) is 19.0 Å². The molecule has 0 unspecified atom stereocenters. The van der Waals surface area contributed by atoms with E-state index in [0.717, 1.165) is 32.5 Å². The summed E-state index contributed by atoms with van der Waals surface area (Å²) in [5, 5.41) is 0. The first-order chi connectivity index (χ1) is 8.72. The fraction of sp³-hybridized carbons (Fsp3) is 0.643. The van der Waals surface area contributed by atoms with E-state index >= 15 is 0 Å². The van der Waals surface area contributed by atoms with Crippen LogP contribution in [0.15, 0.2) is 29.2 Å². The maximum atomic E-state index is 11.6. The Balaban J connectivity index is 2.62. The van der Waals surface area contributed by atoms with Gasteiger partial charge >= 0.3 is 0 Å². The van der Waals surface area contributed by atoms with Crippen molar-refractivity contribution >= 4 is 11.6 Å². The minimum atomic E-state index is 0.0628. The molecule has 0 spiro atoms. The molecule has 1 rings (SSSR count). The van der Waals surface area contributed by atoms with Gasteiger partial charge in [0.05, 0.1) is 0 Å². The highest BCUT2D eigenvalue weighted by atomic mass is 35.5. The van der Waals surface area contributed by atoms with Crippen LogP contribution in [0, 0.1) is 0 Å². The smallest absolute Gasteiger partial charge is 0.250 e. The van der Waals surface area contributed by atoms with Gasteiger partial charge in [-0.1, -0.05) is 19.9 Å². The Kier molecular flexibility index (Phi) is 7.06. The van der Waals surface area contributed by atoms with Gasteiger partial charge in [0.1, 0.15) is 0 Å². The Hall–Kier alpha value is -0.800. The summed E-state index contributed by atoms with van der Waals surface area (Å²) < 4.78 is 1.75. The van der Waals surface area contributed by atoms with Gasteiger partial charge in [-0.2, -0.15) is 0 Å². The number of halogens is 1. The molecule has 0 atom stereocenters. The Morgan fingerprint density at radius 2 is 2.00 bits per heavy atom. The molecule has 0 aliphatic carbocycles. The topological polar surface area (TPSA) is 25.2 Å². The Morgan fingerprint density at radius 1 is 1.28 bits per heavy atom. The average molecular weight is 271 g/mol. The van der Waals surface area contributed by atoms with E-state index in [1.54, 1.807) is 16.7 Å². The summed E-state index contributed by atoms with van der Waals surface area (Å²) >= 11 is 5.86. The van der Waals surface area contributed by atoms with Crippen molar-refractivity contribution in [3.05, 3.63) is 34.7 Å². The van der Waals surface area contributed by atoms with Crippen LogP contribution in [-0.2, 0) is 6.54 Å². The molecule has 0 aliphatic heterocycles. The van der Waals surface area contributed by atoms with E-state index in [4.69, 9.17) is 11.6 Å². The number of aromatic nitrogens is 1. The van der Waals surface area contributed by atoms with Crippen molar-refractivity contribution in [1.82, 2.24) is 9.47 Å². The van der Waals surface area contributed by atoms with Crippen molar-refractivity contribution in [3.63, 3.8) is 0 Å². The second-order valence-electron chi connectivity index (χ2n) is 4.43. The molecule has 0 N–H and O–H groups in total. The molecule has 1 aromatic rings. The SMILES string of the molecule is CCC(CC)N(CCCl)CCn1ccccc1=O. The molecule has 4 heteroatoms. The molecule has 3 nitrogen and oxygen atoms in total. The van der Waals surface area contributed by atoms with Crippen LogP contribution in [0.1, 0.15) is 26.7 Å². The van der Waals surface area contributed by atoms with Crippen LogP contribution < -0.4 is 5.56 Å². The minimum Gasteiger partial charge on any atom is -0.314 e. The van der Waals surface area contributed by atoms with Crippen molar-refractivity contribution < 1.29 is 0 Å². The lowest BCUT2D eigenvalue weighted by molar-refractivity contribution is 0.189. The summed E-state index contributed by atoms with van der Waals surface area (Å²) in [7, 11) is 0. The summed E-state index contributed by atoms with van der Waals surface area (Å²) in [6.07, 6.45) is 4.09. The second-order valence-corrected chi connectivity index (χ2v) is 4.81. The monoisotopic (exact) mass is 270 g/mol. The lowest BCUT2D eigenvalue weighted by Gasteiger charge is -2.29. The maximum absolute atomic E-state index is 11.6. The first-order valence-electron chi connectivity index (χ1n) is 6.68. The molecule has 102 valence electrons. The van der Waals surface area contributed by atoms with Crippen LogP contribution in [0.3, 0.4) is 0 Å². The Labute approximate surface area is 114 Å². The molecule has 0 fully saturated rings. The van der Waals surface area contributed by atoms with E-state index in [9.17, 15) is 4.79 Å². The largest absolute Gasteiger partial charge is 0.314 e. The molecular formula is C14H23ClN2O. The van der Waals surface area contributed by atoms with Crippen LogP contribution in [0.25, 0.3) is 0 Å². The number of alkyl halides is 1. The molecule has 1 aromatic heterocycles. The van der Waals surface area contributed by atoms with Crippen LogP contribution in [0.4, 0.5) is 0 Å². The zero-order chi connectivity index (χ0) is 13.4. The zero-order valence-electron chi connectivity index (χ0n) is 11.3. The molecule has 0 bridgehead atoms. The molecule has 0 saturated carbocycles. The third kappa shape index (κ3) is 4.46. The van der Waals surface area contributed by atoms with Gasteiger partial charge < -0.3 is 4.57 Å². The summed E-state index contributed by atoms with van der Waals surface area (Å²) in [6.45, 7) is 6.89. The Morgan fingerprint density at radius 3 is 2.56 bits per heavy atom. The van der Waals surface area contributed by atoms with Gasteiger partial charge in [-0.3, -0.25) is 9.69 Å². The summed E-state index contributed by atoms with van der Waals surface area (Å²) in [6, 6.07) is 5.83. The van der Waals surface area contributed by atoms with Crippen LogP contribution in [0.5, 0.6) is 0 Å². The van der Waals surface area contributed by atoms with E-state index < -0.39 is 0 Å². The fourth-order valence-electron chi connectivity index (χ4n) is 2.27. The highest BCUT2D eigenvalue weighted by Crippen LogP contribution is 2.08. The van der Waals surface area contributed by atoms with Gasteiger partial charge in [0.25, 0.3) is 5.56 Å². The lowest BCUT2D eigenvalue weighted by atomic mass is 10.1. The molecule has 1 heterocycles. The van der Waals surface area contributed by atoms with Gasteiger partial charge in [-0.05, 0) is 18.9 Å². The summed E-state index contributed by atoms with van der Waals surface area (Å²) in [4.78, 5) is 14.0. The summed E-state index contributed by atoms with van der Waals surface area (Å²) in [5.41, 5.74) is 0.0628. The van der Waals surface area contributed by atoms with Crippen molar-refractivity contribution in [3.8, 4) is 0 Å². The quantitative estimate of drug-likeness (QED) is 0.679. The predicted molar refractivity (Wildman–Crippen MR) is 77.4 cm³/mol. The Bertz CT molecular complexity index is 387. The molecular weight excluding hydrogens is 248 g/mol. The maximum Gasteiger partial charge on any atom is 0.250 e. The van der Waals surface area contributed by atoms with E-state index in [1.807, 2.05) is 12.3 Å². The van der Waals surface area contributed by atoms with Gasteiger partial charge in [0.2, 0.25) is 0 Å². The zero-order valence-corrected chi connectivity index (χ0v) is 12.1. The first kappa shape index (κ1) is 15.3. The third-order valence-corrected chi connectivity index (χ3v) is 3.53. The summed E-state index contributed by atoms with van der Waals surface area (Å²) in [5.74, 6) is 0.639. The standard InChI is InChI=1S/C14H23ClN2O/c1-3-13(4-2)16(10-8-15)11-12-17-9-6-5-7-14(17)18/h5-7,9,13H,3-4,8,10-12H2,1-2H3. The normalized spacial score (nSPS) is 11.4. The van der Waals surface area contributed by atoms with Crippen molar-refractivity contribution in [2.24, 2.45) is 0 Å². The number of hydrogen-bond donors (Lipinski definition) is 0. The number of rotatable bonds is 8. The number of hydrogen-bond acceptors (Lipinski definition) is 2. The minimum absolute atomic E-state index is 0.0628. The highest BCUT2D eigenvalue weighted by Gasteiger charge is 2.14. The molecule has 0 aliphatic rings. The molecule has 0 saturated heterocycles. The first-order valence-corrected chi connectivity index (χ1v) is 7.21. The molecule has 0 radical (unpaired) electrons. The van der Waals surface area contributed by atoms with Gasteiger partial charge in [0.15, 0.2) is 0 Å². The van der Waals surface area contributed by atoms with Crippen LogP contribution in [-0.4, -0.2) is 34.5 Å². The molecule has 0 amide bonds. The fourth-order valence-corrected chi connectivity index (χ4v) is 2.49. The predicted octanol–water partition coefficient (Wildman–Crippen LogP) is 2.58. The van der Waals surface area contributed by atoms with Gasteiger partial charge in [0, 0.05) is 43.8 Å². The van der Waals surface area contributed by atoms with Crippen molar-refractivity contribution in [2.45, 2.75) is 39.3 Å². The number of nitrogens with zero attached hydrogens (tertiary/aromatic N) is 2. The van der Waals surface area contributed by atoms with E-state index in [0.29, 0.717) is 11.9 Å². The van der Waals surface area contributed by atoms with Gasteiger partial charge in [-0.15, -0.1) is 11.6 Å². The third-order valence-electron chi connectivity index (χ3n) is 3.36. The van der Waals surface area contributed by atoms with E-state index in [1.165, 1.54) is 0 Å². The van der Waals surface area contributed by atoms with Crippen molar-refractivity contribution in [1.29, 1.82) is 0 Å². The lowest BCUT2D eigenvalue weighted by Crippen LogP contribution is -2.39. The van der Waals surface area contributed by atoms with Gasteiger partial charge in [-0.25, -0.2) is 0 Å². The molecule has 18 heavy (non-hydrogen) atoms. The van der Waals surface area contributed by atoms with Crippen LogP contribution in [0.2, 0.25) is 0 Å². The van der Waals surface area contributed by atoms with E-state index in [2.05, 4.69) is 18.7 Å². The second kappa shape index (κ2) is 8.33. The van der Waals surface area contributed by atoms with E-state index in [-0.39, 0.29) is 5.56 Å². The number of pyridine rings is 1. The molecule has 0 aromatic carbocycles. The van der Waals surface area contributed by atoms with Crippen LogP contribution >= 0.6 is 11.6 Å².